The minimum Gasteiger partial charge on any atom is -0.370 e. The van der Waals surface area contributed by atoms with Gasteiger partial charge in [0.15, 0.2) is 0 Å². The lowest BCUT2D eigenvalue weighted by atomic mass is 10.0. The fourth-order valence-corrected chi connectivity index (χ4v) is 4.08. The Bertz CT molecular complexity index is 1140. The number of rotatable bonds is 9. The van der Waals surface area contributed by atoms with Gasteiger partial charge in [0.05, 0.1) is 36.8 Å². The average molecular weight is 467 g/mol. The van der Waals surface area contributed by atoms with E-state index in [0.717, 1.165) is 43.9 Å². The topological polar surface area (TPSA) is 132 Å². The average Bonchev–Trinajstić information content (AvgIpc) is 3.28. The van der Waals surface area contributed by atoms with Crippen LogP contribution in [0.3, 0.4) is 0 Å². The van der Waals surface area contributed by atoms with Gasteiger partial charge in [-0.2, -0.15) is 0 Å². The third-order valence-corrected chi connectivity index (χ3v) is 6.25. The molecule has 1 aliphatic rings. The van der Waals surface area contributed by atoms with E-state index < -0.39 is 5.91 Å². The third-order valence-electron chi connectivity index (χ3n) is 6.25. The maximum Gasteiger partial charge on any atom is 0.248 e. The molecule has 1 aliphatic heterocycles. The minimum absolute atomic E-state index is 0.000163. The quantitative estimate of drug-likeness (QED) is 0.462. The van der Waals surface area contributed by atoms with Gasteiger partial charge in [-0.25, -0.2) is 9.67 Å². The molecule has 3 heterocycles. The number of carbonyl (C=O) groups is 2. The molecule has 1 aromatic carbocycles. The van der Waals surface area contributed by atoms with Crippen LogP contribution in [0.5, 0.6) is 0 Å². The molecular formula is C23H30N8O3. The molecule has 3 aromatic rings. The number of nitrogens with two attached hydrogens (primary N) is 1. The van der Waals surface area contributed by atoms with Crippen molar-refractivity contribution in [1.82, 2.24) is 29.9 Å². The van der Waals surface area contributed by atoms with Gasteiger partial charge in [0.1, 0.15) is 17.9 Å². The lowest BCUT2D eigenvalue weighted by Crippen LogP contribution is -2.47. The molecule has 1 saturated heterocycles. The van der Waals surface area contributed by atoms with E-state index in [2.05, 4.69) is 32.1 Å². The molecule has 4 rings (SSSR count). The van der Waals surface area contributed by atoms with Crippen molar-refractivity contribution in [1.29, 1.82) is 0 Å². The Labute approximate surface area is 197 Å². The Hall–Kier alpha value is -3.60. The van der Waals surface area contributed by atoms with E-state index in [0.29, 0.717) is 29.7 Å². The van der Waals surface area contributed by atoms with E-state index in [-0.39, 0.29) is 18.6 Å². The number of piperidine rings is 1. The van der Waals surface area contributed by atoms with Gasteiger partial charge in [-0.3, -0.25) is 14.6 Å². The van der Waals surface area contributed by atoms with E-state index in [1.54, 1.807) is 27.8 Å². The SMILES string of the molecule is CCc1cnc(N2CCC(N(C)C(=O)COCCn3nnc4ccc(C(N)=O)cc43)CC2)cn1. The predicted molar refractivity (Wildman–Crippen MR) is 126 cm³/mol. The first-order valence-electron chi connectivity index (χ1n) is 11.5. The summed E-state index contributed by atoms with van der Waals surface area (Å²) < 4.78 is 7.26. The molecule has 0 spiro atoms. The van der Waals surface area contributed by atoms with Crippen molar-refractivity contribution >= 4 is 28.7 Å². The highest BCUT2D eigenvalue weighted by Crippen LogP contribution is 2.20. The highest BCUT2D eigenvalue weighted by atomic mass is 16.5. The number of primary amides is 1. The van der Waals surface area contributed by atoms with Crippen molar-refractivity contribution in [3.8, 4) is 0 Å². The van der Waals surface area contributed by atoms with Gasteiger partial charge in [-0.1, -0.05) is 12.1 Å². The first-order chi connectivity index (χ1) is 16.5. The van der Waals surface area contributed by atoms with Crippen LogP contribution in [0.1, 0.15) is 35.8 Å². The van der Waals surface area contributed by atoms with Crippen molar-refractivity contribution in [2.75, 3.05) is 38.3 Å². The maximum absolute atomic E-state index is 12.6. The molecule has 11 nitrogen and oxygen atoms in total. The predicted octanol–water partition coefficient (Wildman–Crippen LogP) is 1.03. The molecule has 11 heteroatoms. The summed E-state index contributed by atoms with van der Waals surface area (Å²) in [7, 11) is 1.83. The van der Waals surface area contributed by atoms with E-state index in [9.17, 15) is 9.59 Å². The zero-order chi connectivity index (χ0) is 24.1. The third kappa shape index (κ3) is 5.30. The number of ether oxygens (including phenoxy) is 1. The Morgan fingerprint density at radius 1 is 1.21 bits per heavy atom. The smallest absolute Gasteiger partial charge is 0.248 e. The molecule has 0 unspecified atom stereocenters. The second-order valence-corrected chi connectivity index (χ2v) is 8.38. The van der Waals surface area contributed by atoms with Crippen molar-refractivity contribution < 1.29 is 14.3 Å². The number of anilines is 1. The fraction of sp³-hybridized carbons (Fsp3) is 0.478. The van der Waals surface area contributed by atoms with Gasteiger partial charge in [0.25, 0.3) is 0 Å². The molecule has 0 bridgehead atoms. The second kappa shape index (κ2) is 10.6. The van der Waals surface area contributed by atoms with Crippen LogP contribution in [-0.2, 0) is 22.5 Å². The van der Waals surface area contributed by atoms with E-state index in [1.165, 1.54) is 0 Å². The summed E-state index contributed by atoms with van der Waals surface area (Å²) >= 11 is 0. The van der Waals surface area contributed by atoms with Crippen LogP contribution in [-0.4, -0.2) is 81.1 Å². The Kier molecular flexibility index (Phi) is 7.31. The molecule has 1 fully saturated rings. The Morgan fingerprint density at radius 3 is 2.68 bits per heavy atom. The number of aromatic nitrogens is 5. The number of likely N-dealkylation sites (N-methyl/N-ethyl adjacent to an activating group) is 1. The van der Waals surface area contributed by atoms with Gasteiger partial charge in [-0.15, -0.1) is 5.10 Å². The van der Waals surface area contributed by atoms with Gasteiger partial charge in [0.2, 0.25) is 11.8 Å². The normalized spacial score (nSPS) is 14.5. The molecule has 0 saturated carbocycles. The number of aryl methyl sites for hydroxylation is 1. The van der Waals surface area contributed by atoms with Gasteiger partial charge in [0, 0.05) is 31.7 Å². The molecule has 180 valence electrons. The zero-order valence-electron chi connectivity index (χ0n) is 19.6. The maximum atomic E-state index is 12.6. The minimum atomic E-state index is -0.507. The fourth-order valence-electron chi connectivity index (χ4n) is 4.08. The number of hydrogen-bond donors (Lipinski definition) is 1. The molecule has 0 aliphatic carbocycles. The first-order valence-corrected chi connectivity index (χ1v) is 11.5. The van der Waals surface area contributed by atoms with Gasteiger partial charge in [-0.05, 0) is 37.5 Å². The van der Waals surface area contributed by atoms with Crippen LogP contribution in [0.2, 0.25) is 0 Å². The summed E-state index contributed by atoms with van der Waals surface area (Å²) in [5.41, 5.74) is 8.09. The summed E-state index contributed by atoms with van der Waals surface area (Å²) in [5.74, 6) is 0.328. The van der Waals surface area contributed by atoms with Crippen molar-refractivity contribution in [3.05, 3.63) is 41.9 Å². The summed E-state index contributed by atoms with van der Waals surface area (Å²) in [6.07, 6.45) is 6.26. The van der Waals surface area contributed by atoms with Crippen molar-refractivity contribution in [2.24, 2.45) is 5.73 Å². The number of fused-ring (bicyclic) bond motifs is 1. The second-order valence-electron chi connectivity index (χ2n) is 8.38. The highest BCUT2D eigenvalue weighted by Gasteiger charge is 2.26. The Morgan fingerprint density at radius 2 is 2.00 bits per heavy atom. The molecule has 2 amide bonds. The standard InChI is InChI=1S/C23H30N8O3/c1-3-17-13-26-21(14-25-17)30-8-6-18(7-9-30)29(2)22(32)15-34-11-10-31-20-12-16(23(24)33)4-5-19(20)27-28-31/h4-5,12-14,18H,3,6-11,15H2,1-2H3,(H2,24,33). The van der Waals surface area contributed by atoms with Crippen LogP contribution in [0, 0.1) is 0 Å². The lowest BCUT2D eigenvalue weighted by molar-refractivity contribution is -0.137. The molecule has 34 heavy (non-hydrogen) atoms. The van der Waals surface area contributed by atoms with E-state index in [1.807, 2.05) is 19.4 Å². The monoisotopic (exact) mass is 466 g/mol. The molecule has 2 aromatic heterocycles. The number of amides is 2. The summed E-state index contributed by atoms with van der Waals surface area (Å²) in [6, 6.07) is 5.15. The number of hydrogen-bond acceptors (Lipinski definition) is 8. The lowest BCUT2D eigenvalue weighted by Gasteiger charge is -2.37. The van der Waals surface area contributed by atoms with Crippen LogP contribution in [0.25, 0.3) is 11.0 Å². The van der Waals surface area contributed by atoms with Crippen LogP contribution in [0.15, 0.2) is 30.6 Å². The van der Waals surface area contributed by atoms with Crippen molar-refractivity contribution in [3.63, 3.8) is 0 Å². The van der Waals surface area contributed by atoms with Gasteiger partial charge < -0.3 is 20.3 Å². The molecule has 0 atom stereocenters. The van der Waals surface area contributed by atoms with Crippen LogP contribution in [0.4, 0.5) is 5.82 Å². The summed E-state index contributed by atoms with van der Waals surface area (Å²) in [5, 5.41) is 8.16. The van der Waals surface area contributed by atoms with Gasteiger partial charge >= 0.3 is 0 Å². The number of carbonyl (C=O) groups excluding carboxylic acids is 2. The van der Waals surface area contributed by atoms with E-state index in [4.69, 9.17) is 10.5 Å². The highest BCUT2D eigenvalue weighted by molar-refractivity contribution is 5.96. The largest absolute Gasteiger partial charge is 0.370 e. The van der Waals surface area contributed by atoms with E-state index >= 15 is 0 Å². The molecular weight excluding hydrogens is 436 g/mol. The van der Waals surface area contributed by atoms with Crippen LogP contribution < -0.4 is 10.6 Å². The number of benzene rings is 1. The Balaban J connectivity index is 1.22. The van der Waals surface area contributed by atoms with Crippen molar-refractivity contribution in [2.45, 2.75) is 38.8 Å². The first kappa shape index (κ1) is 23.6. The number of nitrogens with zero attached hydrogens (tertiary/aromatic N) is 7. The summed E-state index contributed by atoms with van der Waals surface area (Å²) in [6.45, 7) is 4.42. The van der Waals surface area contributed by atoms with Crippen LogP contribution >= 0.6 is 0 Å². The molecule has 0 radical (unpaired) electrons. The summed E-state index contributed by atoms with van der Waals surface area (Å²) in [4.78, 5) is 37.0. The zero-order valence-corrected chi connectivity index (χ0v) is 19.6. The molecule has 2 N–H and O–H groups in total.